The molecule has 5 heteroatoms. The molecule has 0 radical (unpaired) electrons. The minimum Gasteiger partial charge on any atom is -0.480 e. The molecule has 0 aromatic heterocycles. The summed E-state index contributed by atoms with van der Waals surface area (Å²) in [7, 11) is -2.61. The molecule has 4 nitrogen and oxygen atoms in total. The minimum absolute atomic E-state index is 0.508. The fourth-order valence-electron chi connectivity index (χ4n) is 2.29. The Labute approximate surface area is 124 Å². The third-order valence-corrected chi connectivity index (χ3v) is 6.79. The zero-order valence-corrected chi connectivity index (χ0v) is 12.3. The van der Waals surface area contributed by atoms with E-state index in [2.05, 4.69) is 0 Å². The van der Waals surface area contributed by atoms with Crippen LogP contribution in [-0.2, 0) is 4.79 Å². The molecule has 0 saturated carbocycles. The van der Waals surface area contributed by atoms with E-state index in [9.17, 15) is 19.8 Å². The van der Waals surface area contributed by atoms with Crippen molar-refractivity contribution >= 4 is 21.3 Å². The van der Waals surface area contributed by atoms with Gasteiger partial charge in [-0.25, -0.2) is 4.79 Å². The Morgan fingerprint density at radius 2 is 1.38 bits per heavy atom. The molecule has 2 unspecified atom stereocenters. The lowest BCUT2D eigenvalue weighted by atomic mass is 10.1. The summed E-state index contributed by atoms with van der Waals surface area (Å²) >= 11 is 0. The second kappa shape index (κ2) is 6.01. The molecule has 2 aromatic carbocycles. The van der Waals surface area contributed by atoms with Crippen LogP contribution in [0.3, 0.4) is 0 Å². The highest BCUT2D eigenvalue weighted by molar-refractivity contribution is 8.45. The van der Waals surface area contributed by atoms with Crippen molar-refractivity contribution in [1.29, 1.82) is 0 Å². The monoisotopic (exact) mass is 304 g/mol. The standard InChI is InChI=1S/C16H16O4S/c1-21(16(19)20,13-10-6-3-7-11-13)14(15(17)18)12-8-4-2-5-9-12/h2-11,14H,1H3,(H,17,18)(H,19,20). The number of benzene rings is 2. The van der Waals surface area contributed by atoms with Crippen molar-refractivity contribution in [3.8, 4) is 0 Å². The summed E-state index contributed by atoms with van der Waals surface area (Å²) < 4.78 is 0. The van der Waals surface area contributed by atoms with Crippen LogP contribution in [0.2, 0.25) is 0 Å². The van der Waals surface area contributed by atoms with Gasteiger partial charge in [-0.2, -0.15) is 0 Å². The van der Waals surface area contributed by atoms with Gasteiger partial charge in [-0.15, -0.1) is 10.0 Å². The Balaban J connectivity index is 2.64. The average Bonchev–Trinajstić information content (AvgIpc) is 2.48. The van der Waals surface area contributed by atoms with Crippen LogP contribution in [0.1, 0.15) is 10.8 Å². The first-order valence-corrected chi connectivity index (χ1v) is 8.41. The molecular weight excluding hydrogens is 288 g/mol. The third-order valence-electron chi connectivity index (χ3n) is 3.39. The van der Waals surface area contributed by atoms with E-state index in [0.29, 0.717) is 10.5 Å². The highest BCUT2D eigenvalue weighted by Gasteiger charge is 2.43. The average molecular weight is 304 g/mol. The Hall–Kier alpha value is -2.27. The number of rotatable bonds is 4. The summed E-state index contributed by atoms with van der Waals surface area (Å²) in [4.78, 5) is 24.2. The van der Waals surface area contributed by atoms with Gasteiger partial charge in [0.2, 0.25) is 0 Å². The van der Waals surface area contributed by atoms with E-state index in [1.807, 2.05) is 0 Å². The maximum absolute atomic E-state index is 11.9. The highest BCUT2D eigenvalue weighted by Crippen LogP contribution is 2.63. The number of hydrogen-bond donors (Lipinski definition) is 2. The maximum Gasteiger partial charge on any atom is 0.352 e. The molecule has 0 spiro atoms. The van der Waals surface area contributed by atoms with Gasteiger partial charge < -0.3 is 10.2 Å². The quantitative estimate of drug-likeness (QED) is 0.895. The second-order valence-electron chi connectivity index (χ2n) is 4.69. The molecule has 0 aliphatic carbocycles. The fraction of sp³-hybridized carbons (Fsp3) is 0.125. The first-order chi connectivity index (χ1) is 9.98. The van der Waals surface area contributed by atoms with Crippen LogP contribution in [0.4, 0.5) is 4.79 Å². The summed E-state index contributed by atoms with van der Waals surface area (Å²) in [5.41, 5.74) is 0.508. The van der Waals surface area contributed by atoms with Crippen LogP contribution in [0, 0.1) is 0 Å². The lowest BCUT2D eigenvalue weighted by molar-refractivity contribution is -0.136. The number of hydrogen-bond acceptors (Lipinski definition) is 2. The largest absolute Gasteiger partial charge is 0.480 e. The molecule has 0 bridgehead atoms. The van der Waals surface area contributed by atoms with Crippen LogP contribution in [0.25, 0.3) is 0 Å². The van der Waals surface area contributed by atoms with Gasteiger partial charge in [-0.3, -0.25) is 4.79 Å². The van der Waals surface area contributed by atoms with Crippen LogP contribution < -0.4 is 0 Å². The normalized spacial score (nSPS) is 16.4. The fourth-order valence-corrected chi connectivity index (χ4v) is 4.79. The summed E-state index contributed by atoms with van der Waals surface area (Å²) in [6.07, 6.45) is 1.54. The predicted molar refractivity (Wildman–Crippen MR) is 83.1 cm³/mol. The van der Waals surface area contributed by atoms with Crippen LogP contribution in [0.15, 0.2) is 65.6 Å². The Kier molecular flexibility index (Phi) is 4.33. The zero-order valence-electron chi connectivity index (χ0n) is 11.5. The van der Waals surface area contributed by atoms with Gasteiger partial charge in [0.25, 0.3) is 0 Å². The molecular formula is C16H16O4S. The van der Waals surface area contributed by atoms with Crippen molar-refractivity contribution in [2.75, 3.05) is 6.26 Å². The molecule has 0 fully saturated rings. The minimum atomic E-state index is -2.61. The van der Waals surface area contributed by atoms with Gasteiger partial charge in [0.05, 0.1) is 0 Å². The Morgan fingerprint density at radius 1 is 0.905 bits per heavy atom. The van der Waals surface area contributed by atoms with Crippen molar-refractivity contribution in [1.82, 2.24) is 0 Å². The molecule has 2 atom stereocenters. The summed E-state index contributed by atoms with van der Waals surface area (Å²) in [6.45, 7) is 0. The first-order valence-electron chi connectivity index (χ1n) is 6.31. The van der Waals surface area contributed by atoms with E-state index < -0.39 is 26.5 Å². The zero-order chi connectivity index (χ0) is 15.5. The Bertz CT molecular complexity index is 642. The smallest absolute Gasteiger partial charge is 0.352 e. The number of carboxylic acid groups (broad SMARTS) is 2. The molecule has 0 saturated heterocycles. The van der Waals surface area contributed by atoms with Crippen LogP contribution in [-0.4, -0.2) is 27.7 Å². The maximum atomic E-state index is 11.9. The lowest BCUT2D eigenvalue weighted by Crippen LogP contribution is -2.24. The molecule has 0 amide bonds. The number of aliphatic carboxylic acids is 1. The topological polar surface area (TPSA) is 74.6 Å². The SMILES string of the molecule is CS(C(=O)O)(c1ccccc1)C(C(=O)O)c1ccccc1. The van der Waals surface area contributed by atoms with Gasteiger partial charge >= 0.3 is 11.3 Å². The first kappa shape index (κ1) is 15.1. The molecule has 2 rings (SSSR count). The van der Waals surface area contributed by atoms with E-state index in [0.717, 1.165) is 0 Å². The molecule has 0 aliphatic rings. The summed E-state index contributed by atoms with van der Waals surface area (Å²) in [6, 6.07) is 17.1. The summed E-state index contributed by atoms with van der Waals surface area (Å²) in [5.74, 6) is -1.12. The van der Waals surface area contributed by atoms with Gasteiger partial charge in [-0.05, 0) is 24.0 Å². The van der Waals surface area contributed by atoms with Crippen molar-refractivity contribution in [2.24, 2.45) is 0 Å². The predicted octanol–water partition coefficient (Wildman–Crippen LogP) is 3.98. The van der Waals surface area contributed by atoms with E-state index in [1.54, 1.807) is 60.7 Å². The van der Waals surface area contributed by atoms with E-state index in [4.69, 9.17) is 0 Å². The van der Waals surface area contributed by atoms with Gasteiger partial charge in [-0.1, -0.05) is 48.5 Å². The van der Waals surface area contributed by atoms with Gasteiger partial charge in [0.15, 0.2) is 0 Å². The second-order valence-corrected chi connectivity index (χ2v) is 7.95. The van der Waals surface area contributed by atoms with Crippen molar-refractivity contribution in [3.05, 3.63) is 66.2 Å². The van der Waals surface area contributed by atoms with Gasteiger partial charge in [0.1, 0.15) is 5.25 Å². The van der Waals surface area contributed by atoms with Crippen molar-refractivity contribution in [2.45, 2.75) is 10.1 Å². The van der Waals surface area contributed by atoms with Crippen molar-refractivity contribution in [3.63, 3.8) is 0 Å². The highest BCUT2D eigenvalue weighted by atomic mass is 32.3. The number of carboxylic acids is 1. The van der Waals surface area contributed by atoms with Crippen LogP contribution >= 0.6 is 10.0 Å². The molecule has 0 heterocycles. The number of carbonyl (C=O) groups is 2. The Morgan fingerprint density at radius 3 is 1.81 bits per heavy atom. The molecule has 0 aliphatic heterocycles. The van der Waals surface area contributed by atoms with E-state index in [-0.39, 0.29) is 0 Å². The molecule has 110 valence electrons. The van der Waals surface area contributed by atoms with Crippen LogP contribution in [0.5, 0.6) is 0 Å². The molecule has 2 aromatic rings. The van der Waals surface area contributed by atoms with Crippen molar-refractivity contribution < 1.29 is 19.8 Å². The van der Waals surface area contributed by atoms with E-state index in [1.165, 1.54) is 6.26 Å². The molecule has 21 heavy (non-hydrogen) atoms. The van der Waals surface area contributed by atoms with Gasteiger partial charge in [0, 0.05) is 4.90 Å². The summed E-state index contributed by atoms with van der Waals surface area (Å²) in [5, 5.41) is 17.2. The molecule has 2 N–H and O–H groups in total. The lowest BCUT2D eigenvalue weighted by Gasteiger charge is -2.37. The van der Waals surface area contributed by atoms with E-state index >= 15 is 0 Å². The third kappa shape index (κ3) is 2.78.